The lowest BCUT2D eigenvalue weighted by Crippen LogP contribution is -2.39. The number of carbonyl (C=O) groups is 1. The molecule has 0 aromatic carbocycles. The highest BCUT2D eigenvalue weighted by molar-refractivity contribution is 7.15. The SMILES string of the molecule is Cc1cn2c(CCC(=O)N3CCC(CO)CC3)csc2n1. The third-order valence-corrected chi connectivity index (χ3v) is 5.11. The molecule has 0 aliphatic carbocycles. The first-order chi connectivity index (χ1) is 10.2. The summed E-state index contributed by atoms with van der Waals surface area (Å²) in [6.45, 7) is 3.80. The van der Waals surface area contributed by atoms with Crippen molar-refractivity contribution >= 4 is 22.2 Å². The van der Waals surface area contributed by atoms with Crippen LogP contribution in [0.2, 0.25) is 0 Å². The van der Waals surface area contributed by atoms with Gasteiger partial charge in [0.1, 0.15) is 0 Å². The van der Waals surface area contributed by atoms with Gasteiger partial charge in [-0.15, -0.1) is 11.3 Å². The lowest BCUT2D eigenvalue weighted by atomic mass is 9.97. The van der Waals surface area contributed by atoms with E-state index in [4.69, 9.17) is 5.11 Å². The Bertz CT molecular complexity index is 626. The van der Waals surface area contributed by atoms with E-state index in [1.54, 1.807) is 11.3 Å². The van der Waals surface area contributed by atoms with Crippen LogP contribution in [0.5, 0.6) is 0 Å². The highest BCUT2D eigenvalue weighted by Gasteiger charge is 2.22. The summed E-state index contributed by atoms with van der Waals surface area (Å²) in [4.78, 5) is 19.6. The quantitative estimate of drug-likeness (QED) is 0.938. The maximum absolute atomic E-state index is 12.3. The van der Waals surface area contributed by atoms with Gasteiger partial charge in [0.25, 0.3) is 0 Å². The van der Waals surface area contributed by atoms with E-state index in [1.807, 2.05) is 18.0 Å². The number of aryl methyl sites for hydroxylation is 2. The van der Waals surface area contributed by atoms with Gasteiger partial charge in [0.2, 0.25) is 5.91 Å². The number of aromatic nitrogens is 2. The second kappa shape index (κ2) is 6.15. The van der Waals surface area contributed by atoms with Crippen LogP contribution in [0.15, 0.2) is 11.6 Å². The molecule has 0 unspecified atom stereocenters. The highest BCUT2D eigenvalue weighted by Crippen LogP contribution is 2.20. The van der Waals surface area contributed by atoms with Crippen molar-refractivity contribution in [2.24, 2.45) is 5.92 Å². The number of aliphatic hydroxyl groups excluding tert-OH is 1. The summed E-state index contributed by atoms with van der Waals surface area (Å²) in [5.41, 5.74) is 2.18. The Morgan fingerprint density at radius 3 is 2.95 bits per heavy atom. The van der Waals surface area contributed by atoms with Crippen LogP contribution < -0.4 is 0 Å². The van der Waals surface area contributed by atoms with Crippen molar-refractivity contribution in [3.8, 4) is 0 Å². The Morgan fingerprint density at radius 2 is 2.24 bits per heavy atom. The molecular weight excluding hydrogens is 286 g/mol. The van der Waals surface area contributed by atoms with Crippen LogP contribution >= 0.6 is 11.3 Å². The number of imidazole rings is 1. The zero-order chi connectivity index (χ0) is 14.8. The smallest absolute Gasteiger partial charge is 0.222 e. The van der Waals surface area contributed by atoms with Crippen molar-refractivity contribution in [1.82, 2.24) is 14.3 Å². The van der Waals surface area contributed by atoms with Crippen LogP contribution in [0.4, 0.5) is 0 Å². The van der Waals surface area contributed by atoms with E-state index in [0.29, 0.717) is 12.3 Å². The normalized spacial score (nSPS) is 16.8. The highest BCUT2D eigenvalue weighted by atomic mass is 32.1. The van der Waals surface area contributed by atoms with E-state index >= 15 is 0 Å². The number of hydrogen-bond acceptors (Lipinski definition) is 4. The summed E-state index contributed by atoms with van der Waals surface area (Å²) in [5.74, 6) is 0.599. The summed E-state index contributed by atoms with van der Waals surface area (Å²) in [6, 6.07) is 0. The standard InChI is InChI=1S/C15H21N3O2S/c1-11-8-18-13(10-21-15(18)16-11)2-3-14(20)17-6-4-12(9-19)5-7-17/h8,10,12,19H,2-7,9H2,1H3. The fourth-order valence-corrected chi connectivity index (χ4v) is 3.83. The van der Waals surface area contributed by atoms with Crippen molar-refractivity contribution in [3.63, 3.8) is 0 Å². The van der Waals surface area contributed by atoms with Crippen LogP contribution in [-0.4, -0.2) is 45.0 Å². The maximum Gasteiger partial charge on any atom is 0.222 e. The number of piperidine rings is 1. The lowest BCUT2D eigenvalue weighted by molar-refractivity contribution is -0.132. The van der Waals surface area contributed by atoms with Gasteiger partial charge in [0, 0.05) is 43.4 Å². The summed E-state index contributed by atoms with van der Waals surface area (Å²) in [7, 11) is 0. The van der Waals surface area contributed by atoms with Crippen molar-refractivity contribution in [3.05, 3.63) is 23.0 Å². The minimum Gasteiger partial charge on any atom is -0.396 e. The van der Waals surface area contributed by atoms with E-state index in [-0.39, 0.29) is 12.5 Å². The Labute approximate surface area is 128 Å². The van der Waals surface area contributed by atoms with E-state index in [9.17, 15) is 4.79 Å². The summed E-state index contributed by atoms with van der Waals surface area (Å²) >= 11 is 1.62. The van der Waals surface area contributed by atoms with Gasteiger partial charge in [0.05, 0.1) is 5.69 Å². The molecular formula is C15H21N3O2S. The predicted molar refractivity (Wildman–Crippen MR) is 82.5 cm³/mol. The van der Waals surface area contributed by atoms with Gasteiger partial charge in [-0.05, 0) is 32.1 Å². The first-order valence-electron chi connectivity index (χ1n) is 7.48. The van der Waals surface area contributed by atoms with Gasteiger partial charge in [-0.2, -0.15) is 0 Å². The monoisotopic (exact) mass is 307 g/mol. The molecule has 1 aliphatic rings. The number of hydrogen-bond donors (Lipinski definition) is 1. The molecule has 1 aliphatic heterocycles. The lowest BCUT2D eigenvalue weighted by Gasteiger charge is -2.31. The number of fused-ring (bicyclic) bond motifs is 1. The molecule has 1 fully saturated rings. The average molecular weight is 307 g/mol. The first kappa shape index (κ1) is 14.5. The van der Waals surface area contributed by atoms with Gasteiger partial charge in [-0.3, -0.25) is 9.20 Å². The maximum atomic E-state index is 12.3. The third kappa shape index (κ3) is 3.11. The van der Waals surface area contributed by atoms with Crippen LogP contribution in [0.25, 0.3) is 4.96 Å². The zero-order valence-electron chi connectivity index (χ0n) is 12.3. The molecule has 3 rings (SSSR count). The molecule has 0 saturated carbocycles. The molecule has 114 valence electrons. The number of rotatable bonds is 4. The fourth-order valence-electron chi connectivity index (χ4n) is 2.88. The largest absolute Gasteiger partial charge is 0.396 e. The topological polar surface area (TPSA) is 57.8 Å². The Morgan fingerprint density at radius 1 is 1.48 bits per heavy atom. The second-order valence-corrected chi connectivity index (χ2v) is 6.61. The van der Waals surface area contributed by atoms with E-state index in [2.05, 4.69) is 14.8 Å². The predicted octanol–water partition coefficient (Wildman–Crippen LogP) is 1.87. The number of likely N-dealkylation sites (tertiary alicyclic amines) is 1. The molecule has 2 aromatic heterocycles. The molecule has 1 amide bonds. The van der Waals surface area contributed by atoms with Crippen LogP contribution in [-0.2, 0) is 11.2 Å². The first-order valence-corrected chi connectivity index (χ1v) is 8.36. The second-order valence-electron chi connectivity index (χ2n) is 5.77. The molecule has 0 spiro atoms. The number of carbonyl (C=O) groups excluding carboxylic acids is 1. The Kier molecular flexibility index (Phi) is 4.26. The number of thiazole rings is 1. The number of amides is 1. The van der Waals surface area contributed by atoms with Crippen molar-refractivity contribution in [1.29, 1.82) is 0 Å². The molecule has 2 aromatic rings. The molecule has 1 saturated heterocycles. The molecule has 21 heavy (non-hydrogen) atoms. The molecule has 1 N–H and O–H groups in total. The van der Waals surface area contributed by atoms with Crippen LogP contribution in [0.3, 0.4) is 0 Å². The zero-order valence-corrected chi connectivity index (χ0v) is 13.1. The molecule has 0 atom stereocenters. The number of nitrogens with zero attached hydrogens (tertiary/aromatic N) is 3. The summed E-state index contributed by atoms with van der Waals surface area (Å²) in [6.07, 6.45) is 5.18. The van der Waals surface area contributed by atoms with E-state index in [0.717, 1.165) is 48.7 Å². The van der Waals surface area contributed by atoms with Crippen molar-refractivity contribution in [2.75, 3.05) is 19.7 Å². The third-order valence-electron chi connectivity index (χ3n) is 4.22. The van der Waals surface area contributed by atoms with Crippen molar-refractivity contribution < 1.29 is 9.90 Å². The van der Waals surface area contributed by atoms with Gasteiger partial charge in [-0.25, -0.2) is 4.98 Å². The van der Waals surface area contributed by atoms with Gasteiger partial charge in [-0.1, -0.05) is 0 Å². The van der Waals surface area contributed by atoms with Crippen LogP contribution in [0.1, 0.15) is 30.7 Å². The molecule has 3 heterocycles. The minimum absolute atomic E-state index is 0.225. The molecule has 6 heteroatoms. The summed E-state index contributed by atoms with van der Waals surface area (Å²) < 4.78 is 2.09. The fraction of sp³-hybridized carbons (Fsp3) is 0.600. The minimum atomic E-state index is 0.225. The van der Waals surface area contributed by atoms with Gasteiger partial charge >= 0.3 is 0 Å². The van der Waals surface area contributed by atoms with E-state index in [1.165, 1.54) is 0 Å². The summed E-state index contributed by atoms with van der Waals surface area (Å²) in [5, 5.41) is 11.2. The average Bonchev–Trinajstić information content (AvgIpc) is 3.04. The number of aliphatic hydroxyl groups is 1. The Hall–Kier alpha value is -1.40. The molecule has 5 nitrogen and oxygen atoms in total. The van der Waals surface area contributed by atoms with Crippen molar-refractivity contribution in [2.45, 2.75) is 32.6 Å². The van der Waals surface area contributed by atoms with E-state index < -0.39 is 0 Å². The Balaban J connectivity index is 1.56. The van der Waals surface area contributed by atoms with Gasteiger partial charge in [0.15, 0.2) is 4.96 Å². The van der Waals surface area contributed by atoms with Crippen LogP contribution in [0, 0.1) is 12.8 Å². The molecule has 0 radical (unpaired) electrons. The van der Waals surface area contributed by atoms with Gasteiger partial charge < -0.3 is 10.0 Å². The molecule has 0 bridgehead atoms.